The second kappa shape index (κ2) is 15.9. The topological polar surface area (TPSA) is 239 Å². The average molecular weight is 801 g/mol. The first-order chi connectivity index (χ1) is 26.0. The normalized spacial score (nSPS) is 52.6. The fourth-order valence-electron chi connectivity index (χ4n) is 13.4. The monoisotopic (exact) mass is 800 g/mol. The van der Waals surface area contributed by atoms with Crippen molar-refractivity contribution in [3.05, 3.63) is 11.6 Å². The van der Waals surface area contributed by atoms with Gasteiger partial charge in [0, 0.05) is 0 Å². The summed E-state index contributed by atoms with van der Waals surface area (Å²) in [6, 6.07) is 0. The number of allylic oxidation sites excluding steroid dienone is 2. The van der Waals surface area contributed by atoms with E-state index in [0.29, 0.717) is 38.5 Å². The molecule has 0 radical (unpaired) electrons. The summed E-state index contributed by atoms with van der Waals surface area (Å²) in [5.41, 5.74) is -1.42. The molecule has 2 heterocycles. The van der Waals surface area contributed by atoms with Crippen molar-refractivity contribution in [1.82, 2.24) is 0 Å². The van der Waals surface area contributed by atoms with Crippen LogP contribution in [0.25, 0.3) is 0 Å². The SMILES string of the molecule is CC(C)=CCC[C@](C)(O[C@@H]1O[C@H](CO[C@@H]2O[C@H](CO)[C@@H](O)[C@H](O)[C@H]2O)[C@@H](O)[C@H](O)[C@H]1O)[C@H]1CC[C@]2(C)[C@@H]1[C@@H](O)C[C@@H]1[C@@]3(C)CC[C@H](O)C(C)(C)[C@H]3[C@@H](O)C[C@]12C. The van der Waals surface area contributed by atoms with Gasteiger partial charge >= 0.3 is 0 Å². The van der Waals surface area contributed by atoms with Crippen LogP contribution in [-0.2, 0) is 18.9 Å². The molecular formula is C42H72O14. The first kappa shape index (κ1) is 44.7. The van der Waals surface area contributed by atoms with E-state index in [9.17, 15) is 51.1 Å². The molecule has 4 saturated carbocycles. The van der Waals surface area contributed by atoms with Crippen LogP contribution in [0.3, 0.4) is 0 Å². The van der Waals surface area contributed by atoms with E-state index in [-0.39, 0.29) is 34.5 Å². The highest BCUT2D eigenvalue weighted by Crippen LogP contribution is 2.76. The van der Waals surface area contributed by atoms with Crippen LogP contribution in [0, 0.1) is 45.3 Å². The predicted octanol–water partition coefficient (Wildman–Crippen LogP) is 1.12. The van der Waals surface area contributed by atoms with Gasteiger partial charge in [0.05, 0.1) is 37.1 Å². The van der Waals surface area contributed by atoms with Gasteiger partial charge in [-0.05, 0) is 117 Å². The molecule has 4 aliphatic carbocycles. The Bertz CT molecular complexity index is 1410. The van der Waals surface area contributed by atoms with Crippen LogP contribution in [-0.4, -0.2) is 150 Å². The maximum Gasteiger partial charge on any atom is 0.187 e. The molecule has 21 atom stereocenters. The Labute approximate surface area is 331 Å². The van der Waals surface area contributed by atoms with Gasteiger partial charge in [-0.1, -0.05) is 46.3 Å². The number of hydrogen-bond acceptors (Lipinski definition) is 14. The van der Waals surface area contributed by atoms with Crippen molar-refractivity contribution in [2.24, 2.45) is 45.3 Å². The Balaban J connectivity index is 1.27. The third-order valence-corrected chi connectivity index (χ3v) is 16.6. The molecule has 324 valence electrons. The number of ether oxygens (including phenoxy) is 4. The molecule has 0 aromatic carbocycles. The van der Waals surface area contributed by atoms with E-state index in [0.717, 1.165) is 18.4 Å². The van der Waals surface area contributed by atoms with Crippen molar-refractivity contribution in [2.75, 3.05) is 13.2 Å². The van der Waals surface area contributed by atoms with Crippen molar-refractivity contribution in [1.29, 1.82) is 0 Å². The Hall–Kier alpha value is -0.820. The number of aliphatic hydroxyl groups is 10. The van der Waals surface area contributed by atoms with Crippen LogP contribution in [0.15, 0.2) is 11.6 Å². The minimum absolute atomic E-state index is 0.104. The molecule has 56 heavy (non-hydrogen) atoms. The predicted molar refractivity (Wildman–Crippen MR) is 202 cm³/mol. The zero-order valence-electron chi connectivity index (χ0n) is 34.6. The van der Waals surface area contributed by atoms with Crippen LogP contribution in [0.2, 0.25) is 0 Å². The summed E-state index contributed by atoms with van der Waals surface area (Å²) in [5.74, 6) is -0.477. The van der Waals surface area contributed by atoms with Crippen LogP contribution in [0.1, 0.15) is 107 Å². The fraction of sp³-hybridized carbons (Fsp3) is 0.952. The number of aliphatic hydroxyl groups excluding tert-OH is 10. The molecule has 0 aromatic heterocycles. The summed E-state index contributed by atoms with van der Waals surface area (Å²) >= 11 is 0. The molecule has 0 unspecified atom stereocenters. The van der Waals surface area contributed by atoms with Gasteiger partial charge in [0.25, 0.3) is 0 Å². The van der Waals surface area contributed by atoms with Gasteiger partial charge in [0.15, 0.2) is 12.6 Å². The molecule has 6 aliphatic rings. The molecule has 14 nitrogen and oxygen atoms in total. The highest BCUT2D eigenvalue weighted by molar-refractivity contribution is 5.22. The summed E-state index contributed by atoms with van der Waals surface area (Å²) in [6.45, 7) is 15.8. The second-order valence-electron chi connectivity index (χ2n) is 20.3. The third kappa shape index (κ3) is 7.16. The van der Waals surface area contributed by atoms with Crippen molar-refractivity contribution >= 4 is 0 Å². The fourth-order valence-corrected chi connectivity index (χ4v) is 13.4. The smallest absolute Gasteiger partial charge is 0.187 e. The molecule has 0 aromatic rings. The van der Waals surface area contributed by atoms with E-state index in [1.54, 1.807) is 0 Å². The van der Waals surface area contributed by atoms with Gasteiger partial charge in [0.1, 0.15) is 48.8 Å². The zero-order chi connectivity index (χ0) is 41.5. The quantitative estimate of drug-likeness (QED) is 0.140. The third-order valence-electron chi connectivity index (χ3n) is 16.6. The maximum atomic E-state index is 12.4. The Kier molecular flexibility index (Phi) is 12.7. The molecule has 14 heteroatoms. The summed E-state index contributed by atoms with van der Waals surface area (Å²) in [6.07, 6.45) is -9.99. The van der Waals surface area contributed by atoms with Crippen LogP contribution in [0.5, 0.6) is 0 Å². The molecule has 0 amide bonds. The maximum absolute atomic E-state index is 12.4. The van der Waals surface area contributed by atoms with Gasteiger partial charge in [-0.15, -0.1) is 0 Å². The lowest BCUT2D eigenvalue weighted by atomic mass is 9.34. The van der Waals surface area contributed by atoms with Crippen molar-refractivity contribution in [3.63, 3.8) is 0 Å². The zero-order valence-corrected chi connectivity index (χ0v) is 34.6. The Morgan fingerprint density at radius 1 is 0.750 bits per heavy atom. The van der Waals surface area contributed by atoms with Crippen molar-refractivity contribution in [2.45, 2.75) is 192 Å². The molecule has 6 fully saturated rings. The molecule has 10 N–H and O–H groups in total. The van der Waals surface area contributed by atoms with E-state index in [4.69, 9.17) is 18.9 Å². The van der Waals surface area contributed by atoms with E-state index in [1.807, 2.05) is 20.8 Å². The minimum Gasteiger partial charge on any atom is -0.394 e. The van der Waals surface area contributed by atoms with Gasteiger partial charge in [-0.25, -0.2) is 0 Å². The van der Waals surface area contributed by atoms with Crippen LogP contribution >= 0.6 is 0 Å². The van der Waals surface area contributed by atoms with Crippen molar-refractivity contribution in [3.8, 4) is 0 Å². The second-order valence-corrected chi connectivity index (χ2v) is 20.3. The lowest BCUT2D eigenvalue weighted by Crippen LogP contribution is -2.70. The number of fused-ring (bicyclic) bond motifs is 5. The molecule has 0 bridgehead atoms. The average Bonchev–Trinajstić information content (AvgIpc) is 3.51. The van der Waals surface area contributed by atoms with Crippen molar-refractivity contribution < 1.29 is 70.0 Å². The van der Waals surface area contributed by atoms with Gasteiger partial charge in [-0.3, -0.25) is 0 Å². The standard InChI is InChI=1S/C42H72O14/c1-20(2)10-9-13-42(8,56-37-34(52)32(50)30(48)25(55-37)19-53-36-33(51)31(49)29(47)24(18-43)54-36)21-11-15-40(6)28(21)22(44)16-26-39(5)14-12-27(46)38(3,4)35(39)23(45)17-41(26,40)7/h10,21-37,43-52H,9,11-19H2,1-8H3/t21-,22-,23-,24+,25+,26+,27-,28-,29+,30+,31-,32-,33+,34+,35+,36+,37-,39+,40+,41+,42-/m0/s1. The van der Waals surface area contributed by atoms with E-state index < -0.39 is 109 Å². The highest BCUT2D eigenvalue weighted by atomic mass is 16.7. The Morgan fingerprint density at radius 2 is 1.36 bits per heavy atom. The van der Waals surface area contributed by atoms with Gasteiger partial charge in [-0.2, -0.15) is 0 Å². The Morgan fingerprint density at radius 3 is 1.98 bits per heavy atom. The summed E-state index contributed by atoms with van der Waals surface area (Å²) < 4.78 is 24.1. The largest absolute Gasteiger partial charge is 0.394 e. The molecule has 0 spiro atoms. The summed E-state index contributed by atoms with van der Waals surface area (Å²) in [4.78, 5) is 0. The summed E-state index contributed by atoms with van der Waals surface area (Å²) in [5, 5.41) is 109. The van der Waals surface area contributed by atoms with Crippen LogP contribution < -0.4 is 0 Å². The lowest BCUT2D eigenvalue weighted by molar-refractivity contribution is -0.350. The molecule has 2 aliphatic heterocycles. The van der Waals surface area contributed by atoms with E-state index in [1.165, 1.54) is 0 Å². The van der Waals surface area contributed by atoms with Gasteiger partial charge in [0.2, 0.25) is 0 Å². The molecule has 2 saturated heterocycles. The molecular weight excluding hydrogens is 728 g/mol. The van der Waals surface area contributed by atoms with E-state index >= 15 is 0 Å². The van der Waals surface area contributed by atoms with Crippen LogP contribution in [0.4, 0.5) is 0 Å². The lowest BCUT2D eigenvalue weighted by Gasteiger charge is -2.71. The molecule has 6 rings (SSSR count). The highest BCUT2D eigenvalue weighted by Gasteiger charge is 2.73. The van der Waals surface area contributed by atoms with Gasteiger partial charge < -0.3 is 70.0 Å². The summed E-state index contributed by atoms with van der Waals surface area (Å²) in [7, 11) is 0. The van der Waals surface area contributed by atoms with E-state index in [2.05, 4.69) is 40.7 Å². The first-order valence-electron chi connectivity index (χ1n) is 21.0. The minimum atomic E-state index is -1.70. The first-order valence-corrected chi connectivity index (χ1v) is 21.0. The number of rotatable bonds is 10. The number of hydrogen-bond donors (Lipinski definition) is 10.